The van der Waals surface area contributed by atoms with Crippen molar-refractivity contribution in [2.24, 2.45) is 0 Å². The molecule has 1 aromatic rings. The van der Waals surface area contributed by atoms with Crippen LogP contribution < -0.4 is 4.90 Å². The molecule has 0 heterocycles. The molecule has 57 valence electrons. The van der Waals surface area contributed by atoms with Crippen LogP contribution >= 0.6 is 0 Å². The molecule has 0 bridgehead atoms. The van der Waals surface area contributed by atoms with Crippen molar-refractivity contribution in [3.05, 3.63) is 24.3 Å². The van der Waals surface area contributed by atoms with Crippen molar-refractivity contribution in [1.29, 1.82) is 0 Å². The van der Waals surface area contributed by atoms with Gasteiger partial charge in [-0.25, -0.2) is 0 Å². The van der Waals surface area contributed by atoms with Gasteiger partial charge in [0.1, 0.15) is 0 Å². The summed E-state index contributed by atoms with van der Waals surface area (Å²) in [6.07, 6.45) is 0.694. The fourth-order valence-electron chi connectivity index (χ4n) is 0.742. The molecule has 3 heteroatoms. The Kier molecular flexibility index (Phi) is 2.11. The number of hydrogen-bond donors (Lipinski definition) is 0. The van der Waals surface area contributed by atoms with Crippen molar-refractivity contribution in [2.45, 2.75) is 0 Å². The zero-order chi connectivity index (χ0) is 8.27. The molecule has 11 heavy (non-hydrogen) atoms. The standard InChI is InChI=1S/C8H8NO2/c1-9(6-10)7-2-4-8(11)5-3-7/h2-6H,1H3. The highest BCUT2D eigenvalue weighted by atomic mass is 16.3. The van der Waals surface area contributed by atoms with Gasteiger partial charge in [-0.15, -0.1) is 0 Å². The molecule has 1 rings (SSSR count). The van der Waals surface area contributed by atoms with Crippen molar-refractivity contribution in [2.75, 3.05) is 11.9 Å². The minimum absolute atomic E-state index is 0.0481. The van der Waals surface area contributed by atoms with Gasteiger partial charge in [-0.3, -0.25) is 9.90 Å². The highest BCUT2D eigenvalue weighted by molar-refractivity contribution is 5.74. The van der Waals surface area contributed by atoms with Crippen LogP contribution in [0.1, 0.15) is 0 Å². The van der Waals surface area contributed by atoms with E-state index in [9.17, 15) is 9.90 Å². The first-order valence-corrected chi connectivity index (χ1v) is 3.19. The second-order valence-corrected chi connectivity index (χ2v) is 2.21. The molecule has 0 aromatic heterocycles. The molecule has 0 aliphatic carbocycles. The fraction of sp³-hybridized carbons (Fsp3) is 0.125. The van der Waals surface area contributed by atoms with Crippen LogP contribution in [0, 0.1) is 0 Å². The molecule has 3 nitrogen and oxygen atoms in total. The van der Waals surface area contributed by atoms with Gasteiger partial charge in [-0.05, 0) is 24.3 Å². The van der Waals surface area contributed by atoms with Crippen LogP contribution in [0.3, 0.4) is 0 Å². The summed E-state index contributed by atoms with van der Waals surface area (Å²) in [6, 6.07) is 6.07. The average molecular weight is 150 g/mol. The SMILES string of the molecule is CN(C=O)c1ccc([O])cc1. The normalized spacial score (nSPS) is 9.18. The first-order valence-electron chi connectivity index (χ1n) is 3.19. The Morgan fingerprint density at radius 2 is 1.82 bits per heavy atom. The van der Waals surface area contributed by atoms with Crippen LogP contribution in [0.2, 0.25) is 0 Å². The van der Waals surface area contributed by atoms with Gasteiger partial charge in [-0.2, -0.15) is 0 Å². The smallest absolute Gasteiger partial charge is 0.213 e. The number of rotatable bonds is 2. The Balaban J connectivity index is 2.89. The van der Waals surface area contributed by atoms with E-state index >= 15 is 0 Å². The zero-order valence-electron chi connectivity index (χ0n) is 6.15. The second-order valence-electron chi connectivity index (χ2n) is 2.21. The van der Waals surface area contributed by atoms with E-state index in [0.717, 1.165) is 5.69 Å². The summed E-state index contributed by atoms with van der Waals surface area (Å²) in [5.74, 6) is -0.0481. The summed E-state index contributed by atoms with van der Waals surface area (Å²) in [4.78, 5) is 11.6. The van der Waals surface area contributed by atoms with E-state index in [-0.39, 0.29) is 5.75 Å². The number of carbonyl (C=O) groups excluding carboxylic acids is 1. The Hall–Kier alpha value is -1.51. The molecule has 0 aliphatic heterocycles. The number of nitrogens with zero attached hydrogens (tertiary/aromatic N) is 1. The van der Waals surface area contributed by atoms with Crippen LogP contribution in [0.5, 0.6) is 5.75 Å². The first kappa shape index (κ1) is 7.60. The van der Waals surface area contributed by atoms with Gasteiger partial charge < -0.3 is 4.90 Å². The summed E-state index contributed by atoms with van der Waals surface area (Å²) >= 11 is 0. The van der Waals surface area contributed by atoms with Crippen LogP contribution in [-0.2, 0) is 9.90 Å². The average Bonchev–Trinajstić information content (AvgIpc) is 2.05. The van der Waals surface area contributed by atoms with Gasteiger partial charge in [0.2, 0.25) is 6.41 Å². The molecular weight excluding hydrogens is 142 g/mol. The molecule has 0 spiro atoms. The van der Waals surface area contributed by atoms with Crippen LogP contribution in [0.15, 0.2) is 24.3 Å². The minimum atomic E-state index is -0.0481. The molecule has 0 saturated heterocycles. The molecule has 1 radical (unpaired) electrons. The fourth-order valence-corrected chi connectivity index (χ4v) is 0.742. The summed E-state index contributed by atoms with van der Waals surface area (Å²) in [6.45, 7) is 0. The Bertz CT molecular complexity index is 243. The van der Waals surface area contributed by atoms with E-state index in [1.165, 1.54) is 17.0 Å². The maximum atomic E-state index is 10.6. The topological polar surface area (TPSA) is 40.2 Å². The van der Waals surface area contributed by atoms with Crippen LogP contribution in [0.25, 0.3) is 0 Å². The molecule has 0 fully saturated rings. The van der Waals surface area contributed by atoms with Gasteiger partial charge in [0.15, 0.2) is 5.75 Å². The lowest BCUT2D eigenvalue weighted by atomic mass is 10.3. The van der Waals surface area contributed by atoms with E-state index in [1.807, 2.05) is 0 Å². The summed E-state index contributed by atoms with van der Waals surface area (Å²) in [5.41, 5.74) is 0.722. The van der Waals surface area contributed by atoms with Gasteiger partial charge in [0.25, 0.3) is 0 Å². The van der Waals surface area contributed by atoms with Crippen LogP contribution in [0.4, 0.5) is 5.69 Å². The van der Waals surface area contributed by atoms with Crippen molar-refractivity contribution in [3.8, 4) is 5.75 Å². The molecule has 0 unspecified atom stereocenters. The third-order valence-electron chi connectivity index (χ3n) is 1.40. The van der Waals surface area contributed by atoms with Crippen molar-refractivity contribution < 1.29 is 9.90 Å². The monoisotopic (exact) mass is 150 g/mol. The minimum Gasteiger partial charge on any atom is -0.318 e. The highest BCUT2D eigenvalue weighted by Gasteiger charge is 1.97. The van der Waals surface area contributed by atoms with E-state index < -0.39 is 0 Å². The maximum absolute atomic E-state index is 10.6. The molecule has 0 atom stereocenters. The predicted octanol–water partition coefficient (Wildman–Crippen LogP) is 1.42. The van der Waals surface area contributed by atoms with Crippen molar-refractivity contribution in [1.82, 2.24) is 0 Å². The molecule has 1 aromatic carbocycles. The number of hydrogen-bond acceptors (Lipinski definition) is 1. The van der Waals surface area contributed by atoms with Crippen LogP contribution in [-0.4, -0.2) is 13.5 Å². The quantitative estimate of drug-likeness (QED) is 0.588. The Labute approximate surface area is 64.9 Å². The third-order valence-corrected chi connectivity index (χ3v) is 1.40. The van der Waals surface area contributed by atoms with Crippen molar-refractivity contribution >= 4 is 12.1 Å². The zero-order valence-corrected chi connectivity index (χ0v) is 6.15. The summed E-state index contributed by atoms with van der Waals surface area (Å²) in [7, 11) is 1.63. The lowest BCUT2D eigenvalue weighted by Crippen LogP contribution is -2.12. The first-order chi connectivity index (χ1) is 5.24. The predicted molar refractivity (Wildman–Crippen MR) is 41.0 cm³/mol. The van der Waals surface area contributed by atoms with Crippen molar-refractivity contribution in [3.63, 3.8) is 0 Å². The number of amides is 1. The largest absolute Gasteiger partial charge is 0.318 e. The van der Waals surface area contributed by atoms with E-state index in [2.05, 4.69) is 0 Å². The van der Waals surface area contributed by atoms with E-state index in [1.54, 1.807) is 19.2 Å². The summed E-state index contributed by atoms with van der Waals surface area (Å²) < 4.78 is 0. The van der Waals surface area contributed by atoms with Gasteiger partial charge in [0.05, 0.1) is 0 Å². The number of benzene rings is 1. The molecule has 0 aliphatic rings. The lowest BCUT2D eigenvalue weighted by Gasteiger charge is -2.08. The highest BCUT2D eigenvalue weighted by Crippen LogP contribution is 2.16. The van der Waals surface area contributed by atoms with Gasteiger partial charge in [-0.1, -0.05) is 0 Å². The lowest BCUT2D eigenvalue weighted by molar-refractivity contribution is -0.107. The van der Waals surface area contributed by atoms with Gasteiger partial charge >= 0.3 is 0 Å². The van der Waals surface area contributed by atoms with E-state index in [0.29, 0.717) is 6.41 Å². The summed E-state index contributed by atoms with van der Waals surface area (Å²) in [5, 5.41) is 10.6. The number of anilines is 1. The second kappa shape index (κ2) is 3.05. The number of carbonyl (C=O) groups is 1. The molecule has 0 saturated carbocycles. The molecule has 0 N–H and O–H groups in total. The van der Waals surface area contributed by atoms with Gasteiger partial charge in [0, 0.05) is 12.7 Å². The molecular formula is C8H8NO2. The Morgan fingerprint density at radius 1 is 1.27 bits per heavy atom. The molecule has 1 amide bonds. The van der Waals surface area contributed by atoms with E-state index in [4.69, 9.17) is 0 Å². The maximum Gasteiger partial charge on any atom is 0.213 e. The Morgan fingerprint density at radius 3 is 2.27 bits per heavy atom. The third kappa shape index (κ3) is 1.70.